The molecule has 1 fully saturated rings. The fourth-order valence-electron chi connectivity index (χ4n) is 1.99. The first kappa shape index (κ1) is 15.9. The molecule has 0 bridgehead atoms. The lowest BCUT2D eigenvalue weighted by molar-refractivity contribution is 0.528. The van der Waals surface area contributed by atoms with Crippen LogP contribution in [0.5, 0.6) is 0 Å². The van der Waals surface area contributed by atoms with Gasteiger partial charge in [0, 0.05) is 12.6 Å². The van der Waals surface area contributed by atoms with Crippen LogP contribution in [0.2, 0.25) is 0 Å². The van der Waals surface area contributed by atoms with E-state index in [0.717, 1.165) is 12.8 Å². The van der Waals surface area contributed by atoms with Crippen LogP contribution < -0.4 is 10.5 Å². The smallest absolute Gasteiger partial charge is 0.214 e. The van der Waals surface area contributed by atoms with Gasteiger partial charge in [-0.15, -0.1) is 0 Å². The largest absolute Gasteiger partial charge is 0.327 e. The van der Waals surface area contributed by atoms with Gasteiger partial charge in [-0.25, -0.2) is 21.6 Å². The Morgan fingerprint density at radius 1 is 1.33 bits per heavy atom. The van der Waals surface area contributed by atoms with E-state index in [1.54, 1.807) is 0 Å². The third kappa shape index (κ3) is 4.83. The molecule has 0 saturated carbocycles. The van der Waals surface area contributed by atoms with Crippen molar-refractivity contribution in [3.8, 4) is 0 Å². The topological polar surface area (TPSA) is 106 Å². The summed E-state index contributed by atoms with van der Waals surface area (Å²) < 4.78 is 48.9. The summed E-state index contributed by atoms with van der Waals surface area (Å²) >= 11 is 0. The molecule has 3 N–H and O–H groups in total. The van der Waals surface area contributed by atoms with E-state index in [1.165, 1.54) is 0 Å². The second-order valence-corrected chi connectivity index (χ2v) is 9.14. The van der Waals surface area contributed by atoms with E-state index in [4.69, 9.17) is 5.73 Å². The maximum Gasteiger partial charge on any atom is 0.214 e. The zero-order valence-corrected chi connectivity index (χ0v) is 12.3. The van der Waals surface area contributed by atoms with E-state index >= 15 is 0 Å². The molecule has 0 aromatic rings. The van der Waals surface area contributed by atoms with Gasteiger partial charge in [-0.1, -0.05) is 13.3 Å². The number of rotatable bonds is 6. The first-order chi connectivity index (χ1) is 8.27. The van der Waals surface area contributed by atoms with Gasteiger partial charge >= 0.3 is 0 Å². The summed E-state index contributed by atoms with van der Waals surface area (Å²) in [4.78, 5) is 0. The van der Waals surface area contributed by atoms with Crippen LogP contribution in [0, 0.1) is 0 Å². The second kappa shape index (κ2) is 6.31. The monoisotopic (exact) mass is 298 g/mol. The lowest BCUT2D eigenvalue weighted by atomic mass is 10.2. The van der Waals surface area contributed by atoms with E-state index < -0.39 is 25.1 Å². The van der Waals surface area contributed by atoms with Crippen molar-refractivity contribution in [1.82, 2.24) is 4.72 Å². The Labute approximate surface area is 109 Å². The van der Waals surface area contributed by atoms with Crippen LogP contribution in [0.25, 0.3) is 0 Å². The lowest BCUT2D eigenvalue weighted by Gasteiger charge is -2.23. The summed E-state index contributed by atoms with van der Waals surface area (Å²) in [5.74, 6) is -0.0841. The van der Waals surface area contributed by atoms with E-state index in [2.05, 4.69) is 4.72 Å². The maximum absolute atomic E-state index is 11.9. The van der Waals surface area contributed by atoms with E-state index in [0.29, 0.717) is 0 Å². The van der Waals surface area contributed by atoms with Crippen LogP contribution in [-0.2, 0) is 19.9 Å². The zero-order chi connectivity index (χ0) is 13.8. The minimum atomic E-state index is -3.44. The summed E-state index contributed by atoms with van der Waals surface area (Å²) in [5.41, 5.74) is 5.74. The van der Waals surface area contributed by atoms with Gasteiger partial charge in [-0.2, -0.15) is 0 Å². The first-order valence-electron chi connectivity index (χ1n) is 6.21. The van der Waals surface area contributed by atoms with Gasteiger partial charge in [-0.05, 0) is 19.3 Å². The van der Waals surface area contributed by atoms with Crippen LogP contribution in [0.15, 0.2) is 0 Å². The van der Waals surface area contributed by atoms with Crippen LogP contribution in [-0.4, -0.2) is 46.2 Å². The average Bonchev–Trinajstić information content (AvgIpc) is 2.26. The van der Waals surface area contributed by atoms with Crippen LogP contribution in [0.1, 0.15) is 32.6 Å². The van der Waals surface area contributed by atoms with Crippen molar-refractivity contribution in [2.75, 3.05) is 18.1 Å². The van der Waals surface area contributed by atoms with E-state index in [1.807, 2.05) is 6.92 Å². The summed E-state index contributed by atoms with van der Waals surface area (Å²) in [5, 5.41) is -0.602. The SMILES string of the molecule is CCCC(N)CNS(=O)(=O)C1CCS(=O)(=O)CC1. The van der Waals surface area contributed by atoms with E-state index in [-0.39, 0.29) is 36.9 Å². The Morgan fingerprint density at radius 2 is 1.89 bits per heavy atom. The normalized spacial score (nSPS) is 22.8. The predicted octanol–water partition coefficient (Wildman–Crippen LogP) is -0.390. The second-order valence-electron chi connectivity index (χ2n) is 4.79. The van der Waals surface area contributed by atoms with Gasteiger partial charge in [0.2, 0.25) is 10.0 Å². The van der Waals surface area contributed by atoms with Crippen molar-refractivity contribution in [2.45, 2.75) is 43.9 Å². The molecule has 8 heteroatoms. The molecular formula is C10H22N2O4S2. The summed E-state index contributed by atoms with van der Waals surface area (Å²) in [6.07, 6.45) is 2.04. The van der Waals surface area contributed by atoms with Gasteiger partial charge in [-0.3, -0.25) is 0 Å². The minimum Gasteiger partial charge on any atom is -0.327 e. The molecule has 0 aromatic carbocycles. The molecule has 0 amide bonds. The van der Waals surface area contributed by atoms with Gasteiger partial charge < -0.3 is 5.73 Å². The first-order valence-corrected chi connectivity index (χ1v) is 9.58. The molecular weight excluding hydrogens is 276 g/mol. The Bertz CT molecular complexity index is 444. The summed E-state index contributed by atoms with van der Waals surface area (Å²) in [7, 11) is -6.47. The van der Waals surface area contributed by atoms with Gasteiger partial charge in [0.25, 0.3) is 0 Å². The molecule has 1 unspecified atom stereocenters. The van der Waals surface area contributed by atoms with Crippen molar-refractivity contribution in [3.63, 3.8) is 0 Å². The van der Waals surface area contributed by atoms with Crippen molar-refractivity contribution in [3.05, 3.63) is 0 Å². The molecule has 108 valence electrons. The van der Waals surface area contributed by atoms with Crippen LogP contribution in [0.3, 0.4) is 0 Å². The number of sulfone groups is 1. The number of hydrogen-bond acceptors (Lipinski definition) is 5. The summed E-state index contributed by atoms with van der Waals surface area (Å²) in [6, 6.07) is -0.183. The van der Waals surface area contributed by atoms with Crippen molar-refractivity contribution >= 4 is 19.9 Å². The maximum atomic E-state index is 11.9. The van der Waals surface area contributed by atoms with Crippen molar-refractivity contribution in [1.29, 1.82) is 0 Å². The molecule has 0 radical (unpaired) electrons. The minimum absolute atomic E-state index is 0.0421. The highest BCUT2D eigenvalue weighted by atomic mass is 32.2. The summed E-state index contributed by atoms with van der Waals surface area (Å²) in [6.45, 7) is 2.21. The molecule has 1 aliphatic rings. The predicted molar refractivity (Wildman–Crippen MR) is 71.5 cm³/mol. The molecule has 0 aliphatic carbocycles. The number of nitrogens with two attached hydrogens (primary N) is 1. The van der Waals surface area contributed by atoms with Crippen molar-refractivity contribution < 1.29 is 16.8 Å². The standard InChI is InChI=1S/C10H22N2O4S2/c1-2-3-9(11)8-12-18(15,16)10-4-6-17(13,14)7-5-10/h9-10,12H,2-8,11H2,1H3. The van der Waals surface area contributed by atoms with Crippen LogP contribution in [0.4, 0.5) is 0 Å². The Hall–Kier alpha value is -0.180. The van der Waals surface area contributed by atoms with E-state index in [9.17, 15) is 16.8 Å². The highest BCUT2D eigenvalue weighted by molar-refractivity contribution is 7.92. The van der Waals surface area contributed by atoms with Gasteiger partial charge in [0.1, 0.15) is 9.84 Å². The molecule has 18 heavy (non-hydrogen) atoms. The third-order valence-corrected chi connectivity index (χ3v) is 6.78. The molecule has 6 nitrogen and oxygen atoms in total. The van der Waals surface area contributed by atoms with Crippen molar-refractivity contribution in [2.24, 2.45) is 5.73 Å². The fourth-order valence-corrected chi connectivity index (χ4v) is 5.32. The Kier molecular flexibility index (Phi) is 5.57. The molecule has 1 heterocycles. The quantitative estimate of drug-likeness (QED) is 0.694. The van der Waals surface area contributed by atoms with Gasteiger partial charge in [0.15, 0.2) is 0 Å². The number of hydrogen-bond donors (Lipinski definition) is 2. The highest BCUT2D eigenvalue weighted by Crippen LogP contribution is 2.18. The molecule has 0 spiro atoms. The Morgan fingerprint density at radius 3 is 2.39 bits per heavy atom. The fraction of sp³-hybridized carbons (Fsp3) is 1.00. The van der Waals surface area contributed by atoms with Crippen LogP contribution >= 0.6 is 0 Å². The van der Waals surface area contributed by atoms with Gasteiger partial charge in [0.05, 0.1) is 16.8 Å². The third-order valence-electron chi connectivity index (χ3n) is 3.15. The number of sulfonamides is 1. The molecule has 1 saturated heterocycles. The number of nitrogens with one attached hydrogen (secondary N) is 1. The lowest BCUT2D eigenvalue weighted by Crippen LogP contribution is -2.44. The molecule has 1 atom stereocenters. The molecule has 1 rings (SSSR count). The average molecular weight is 298 g/mol. The molecule has 0 aromatic heterocycles. The zero-order valence-electron chi connectivity index (χ0n) is 10.6. The Balaban J connectivity index is 2.50. The molecule has 1 aliphatic heterocycles. The highest BCUT2D eigenvalue weighted by Gasteiger charge is 2.32.